The Kier molecular flexibility index (Phi) is 9.48. The van der Waals surface area contributed by atoms with Crippen LogP contribution >= 0.6 is 0 Å². The van der Waals surface area contributed by atoms with Crippen molar-refractivity contribution in [1.82, 2.24) is 0 Å². The molecule has 0 atom stereocenters. The fourth-order valence-electron chi connectivity index (χ4n) is 3.76. The van der Waals surface area contributed by atoms with Gasteiger partial charge in [0.25, 0.3) is 0 Å². The Morgan fingerprint density at radius 1 is 0.895 bits per heavy atom. The average Bonchev–Trinajstić information content (AvgIpc) is 2.87. The average molecular weight is 529 g/mol. The predicted octanol–water partition coefficient (Wildman–Crippen LogP) is 5.95. The van der Waals surface area contributed by atoms with E-state index in [0.29, 0.717) is 23.1 Å². The van der Waals surface area contributed by atoms with Gasteiger partial charge in [0, 0.05) is 16.7 Å². The molecule has 0 saturated heterocycles. The number of oxime groups is 2. The van der Waals surface area contributed by atoms with E-state index in [0.717, 1.165) is 11.1 Å². The highest BCUT2D eigenvalue weighted by Gasteiger charge is 2.32. The number of carbonyl (C=O) groups is 1. The first-order valence-corrected chi connectivity index (χ1v) is 11.5. The zero-order chi connectivity index (χ0) is 27.7. The van der Waals surface area contributed by atoms with Crippen LogP contribution in [0.25, 0.3) is 0 Å². The van der Waals surface area contributed by atoms with Crippen LogP contribution in [-0.2, 0) is 32.2 Å². The maximum atomic E-state index is 13.2. The Morgan fingerprint density at radius 3 is 2.29 bits per heavy atom. The molecule has 0 spiro atoms. The molecule has 0 aliphatic heterocycles. The summed E-state index contributed by atoms with van der Waals surface area (Å²) in [6, 6.07) is 19.1. The topological polar surface area (TPSA) is 78.7 Å². The van der Waals surface area contributed by atoms with E-state index in [1.165, 1.54) is 33.3 Å². The van der Waals surface area contributed by atoms with E-state index in [1.807, 2.05) is 30.3 Å². The number of carbonyl (C=O) groups excluding carboxylic acids is 1. The summed E-state index contributed by atoms with van der Waals surface area (Å²) >= 11 is 0. The van der Waals surface area contributed by atoms with Crippen molar-refractivity contribution in [2.24, 2.45) is 10.3 Å². The van der Waals surface area contributed by atoms with Crippen LogP contribution in [0, 0.1) is 6.92 Å². The molecule has 0 fully saturated rings. The lowest BCUT2D eigenvalue weighted by molar-refractivity contribution is -0.274. The lowest BCUT2D eigenvalue weighted by atomic mass is 9.99. The van der Waals surface area contributed by atoms with Gasteiger partial charge in [-0.05, 0) is 49.1 Å². The van der Waals surface area contributed by atoms with E-state index in [2.05, 4.69) is 15.0 Å². The van der Waals surface area contributed by atoms with Gasteiger partial charge in [0.05, 0.1) is 12.8 Å². The van der Waals surface area contributed by atoms with E-state index in [4.69, 9.17) is 14.4 Å². The van der Waals surface area contributed by atoms with Crippen LogP contribution < -0.4 is 4.74 Å². The maximum Gasteiger partial charge on any atom is 0.573 e. The Morgan fingerprint density at radius 2 is 1.63 bits per heavy atom. The summed E-state index contributed by atoms with van der Waals surface area (Å²) in [7, 11) is 2.52. The Hall–Kier alpha value is -4.34. The van der Waals surface area contributed by atoms with Gasteiger partial charge in [0.2, 0.25) is 0 Å². The van der Waals surface area contributed by atoms with Crippen LogP contribution in [0.3, 0.4) is 0 Å². The van der Waals surface area contributed by atoms with Gasteiger partial charge in [0.1, 0.15) is 19.5 Å². The molecule has 0 aromatic heterocycles. The second-order valence-electron chi connectivity index (χ2n) is 8.21. The van der Waals surface area contributed by atoms with E-state index < -0.39 is 12.3 Å². The molecule has 3 rings (SSSR count). The summed E-state index contributed by atoms with van der Waals surface area (Å²) in [4.78, 5) is 22.5. The first-order chi connectivity index (χ1) is 18.1. The zero-order valence-corrected chi connectivity index (χ0v) is 21.3. The standard InChI is InChI=1S/C28H27F3N2O5/c1-18-9-8-12-23(26(33-36-4)27(34)35-3)24(18)17-37-32-19(2)22-14-13-21(15-20-10-6-5-7-11-20)16-25(22)38-28(29,30)31/h5-14,16H,15,17H2,1-4H3/b32-19+,33-26+. The van der Waals surface area contributed by atoms with Gasteiger partial charge in [0.15, 0.2) is 5.71 Å². The molecule has 0 heterocycles. The molecule has 200 valence electrons. The van der Waals surface area contributed by atoms with Gasteiger partial charge in [-0.15, -0.1) is 13.2 Å². The molecule has 0 amide bonds. The number of esters is 1. The zero-order valence-electron chi connectivity index (χ0n) is 21.3. The molecule has 3 aromatic carbocycles. The third-order valence-electron chi connectivity index (χ3n) is 5.55. The summed E-state index contributed by atoms with van der Waals surface area (Å²) in [6.07, 6.45) is -4.45. The van der Waals surface area contributed by atoms with Crippen molar-refractivity contribution < 1.29 is 37.1 Å². The third kappa shape index (κ3) is 7.58. The van der Waals surface area contributed by atoms with Gasteiger partial charge in [-0.25, -0.2) is 4.79 Å². The highest BCUT2D eigenvalue weighted by Crippen LogP contribution is 2.29. The number of aryl methyl sites for hydroxylation is 1. The first-order valence-electron chi connectivity index (χ1n) is 11.5. The monoisotopic (exact) mass is 528 g/mol. The number of methoxy groups -OCH3 is 1. The number of benzene rings is 3. The second kappa shape index (κ2) is 12.8. The molecular weight excluding hydrogens is 501 g/mol. The molecule has 0 aliphatic carbocycles. The molecular formula is C28H27F3N2O5. The summed E-state index contributed by atoms with van der Waals surface area (Å²) < 4.78 is 48.7. The van der Waals surface area contributed by atoms with Crippen LogP contribution in [0.2, 0.25) is 0 Å². The van der Waals surface area contributed by atoms with E-state index in [-0.39, 0.29) is 29.3 Å². The van der Waals surface area contributed by atoms with Crippen molar-refractivity contribution in [2.45, 2.75) is 33.2 Å². The highest BCUT2D eigenvalue weighted by atomic mass is 19.4. The Bertz CT molecular complexity index is 1320. The van der Waals surface area contributed by atoms with Crippen LogP contribution in [0.5, 0.6) is 5.75 Å². The molecule has 0 unspecified atom stereocenters. The molecule has 0 aliphatic rings. The van der Waals surface area contributed by atoms with Crippen molar-refractivity contribution in [3.8, 4) is 5.75 Å². The lowest BCUT2D eigenvalue weighted by Crippen LogP contribution is -2.20. The van der Waals surface area contributed by atoms with Crippen LogP contribution in [0.15, 0.2) is 77.0 Å². The molecule has 0 radical (unpaired) electrons. The van der Waals surface area contributed by atoms with E-state index in [9.17, 15) is 18.0 Å². The fraction of sp³-hybridized carbons (Fsp3) is 0.250. The molecule has 7 nitrogen and oxygen atoms in total. The number of hydrogen-bond acceptors (Lipinski definition) is 7. The number of halogens is 3. The van der Waals surface area contributed by atoms with Crippen molar-refractivity contribution in [3.05, 3.63) is 100 Å². The minimum Gasteiger partial charge on any atom is -0.464 e. The molecule has 0 N–H and O–H groups in total. The third-order valence-corrected chi connectivity index (χ3v) is 5.55. The summed E-state index contributed by atoms with van der Waals surface area (Å²) in [5, 5.41) is 7.80. The number of rotatable bonds is 10. The van der Waals surface area contributed by atoms with Crippen molar-refractivity contribution >= 4 is 17.4 Å². The molecule has 38 heavy (non-hydrogen) atoms. The van der Waals surface area contributed by atoms with Gasteiger partial charge in [-0.1, -0.05) is 64.9 Å². The van der Waals surface area contributed by atoms with Crippen LogP contribution in [0.4, 0.5) is 13.2 Å². The second-order valence-corrected chi connectivity index (χ2v) is 8.21. The number of hydrogen-bond donors (Lipinski definition) is 0. The summed E-state index contributed by atoms with van der Waals surface area (Å²) in [5.74, 6) is -1.09. The van der Waals surface area contributed by atoms with Crippen molar-refractivity contribution in [2.75, 3.05) is 14.2 Å². The van der Waals surface area contributed by atoms with Crippen molar-refractivity contribution in [1.29, 1.82) is 0 Å². The smallest absolute Gasteiger partial charge is 0.464 e. The normalized spacial score (nSPS) is 12.2. The predicted molar refractivity (Wildman–Crippen MR) is 136 cm³/mol. The number of alkyl halides is 3. The lowest BCUT2D eigenvalue weighted by Gasteiger charge is -2.15. The Balaban J connectivity index is 1.88. The number of nitrogens with zero attached hydrogens (tertiary/aromatic N) is 2. The molecule has 3 aromatic rings. The van der Waals surface area contributed by atoms with Gasteiger partial charge in [-0.2, -0.15) is 0 Å². The minimum absolute atomic E-state index is 0.0622. The summed E-state index contributed by atoms with van der Waals surface area (Å²) in [6.45, 7) is 3.22. The largest absolute Gasteiger partial charge is 0.573 e. The fourth-order valence-corrected chi connectivity index (χ4v) is 3.76. The highest BCUT2D eigenvalue weighted by molar-refractivity contribution is 6.43. The van der Waals surface area contributed by atoms with Gasteiger partial charge >= 0.3 is 12.3 Å². The Labute approximate surface area is 218 Å². The van der Waals surface area contributed by atoms with Gasteiger partial charge < -0.3 is 19.1 Å². The summed E-state index contributed by atoms with van der Waals surface area (Å²) in [5.41, 5.74) is 3.59. The molecule has 0 bridgehead atoms. The maximum absolute atomic E-state index is 13.2. The van der Waals surface area contributed by atoms with Crippen LogP contribution in [-0.4, -0.2) is 38.0 Å². The van der Waals surface area contributed by atoms with E-state index in [1.54, 1.807) is 31.2 Å². The first kappa shape index (κ1) is 28.2. The quantitative estimate of drug-likeness (QED) is 0.185. The molecule has 0 saturated carbocycles. The van der Waals surface area contributed by atoms with Gasteiger partial charge in [-0.3, -0.25) is 0 Å². The van der Waals surface area contributed by atoms with E-state index >= 15 is 0 Å². The molecule has 10 heteroatoms. The SMILES string of the molecule is CO/N=C(/C(=O)OC)c1cccc(C)c1CO/N=C(\C)c1ccc(Cc2ccccc2)cc1OC(F)(F)F. The van der Waals surface area contributed by atoms with Crippen LogP contribution in [0.1, 0.15) is 40.3 Å². The van der Waals surface area contributed by atoms with Crippen molar-refractivity contribution in [3.63, 3.8) is 0 Å². The minimum atomic E-state index is -4.89. The number of ether oxygens (including phenoxy) is 2.